The van der Waals surface area contributed by atoms with Crippen molar-refractivity contribution < 1.29 is 34.2 Å². The van der Waals surface area contributed by atoms with E-state index in [-0.39, 0.29) is 13.2 Å². The summed E-state index contributed by atoms with van der Waals surface area (Å²) < 4.78 is 4.50. The first kappa shape index (κ1) is 14.5. The Morgan fingerprint density at radius 2 is 1.64 bits per heavy atom. The van der Waals surface area contributed by atoms with E-state index in [1.54, 1.807) is 0 Å². The molecule has 0 spiro atoms. The minimum Gasteiger partial charge on any atom is -0.395 e. The predicted molar refractivity (Wildman–Crippen MR) is 50.6 cm³/mol. The van der Waals surface area contributed by atoms with Gasteiger partial charge in [0.2, 0.25) is 6.29 Å². The van der Waals surface area contributed by atoms with Gasteiger partial charge in [-0.15, -0.1) is 0 Å². The number of hydrogen-bond acceptors (Lipinski definition) is 8. The van der Waals surface area contributed by atoms with Gasteiger partial charge in [-0.3, -0.25) is 0 Å². The summed E-state index contributed by atoms with van der Waals surface area (Å²) in [4.78, 5) is 43.8. The van der Waals surface area contributed by atoms with Gasteiger partial charge >= 0.3 is 15.9 Å². The van der Waals surface area contributed by atoms with Crippen LogP contribution >= 0.6 is 15.9 Å². The largest absolute Gasteiger partial charge is 0.426 e. The van der Waals surface area contributed by atoms with Gasteiger partial charge in [-0.1, -0.05) is 9.69 Å². The number of hydroxylamine groups is 2. The molecule has 86 valence electrons. The molecule has 0 aliphatic carbocycles. The van der Waals surface area contributed by atoms with Gasteiger partial charge in [0.1, 0.15) is 6.66 Å². The Hall–Kier alpha value is 0.540. The highest BCUT2D eigenvalue weighted by molar-refractivity contribution is 7.59. The maximum atomic E-state index is 8.90. The van der Waals surface area contributed by atoms with Crippen molar-refractivity contribution in [2.24, 2.45) is 0 Å². The van der Waals surface area contributed by atoms with Crippen LogP contribution in [0.2, 0.25) is 0 Å². The average molecular weight is 251 g/mol. The second-order valence-electron chi connectivity index (χ2n) is 2.68. The first-order valence-corrected chi connectivity index (χ1v) is 7.47. The van der Waals surface area contributed by atoms with E-state index in [4.69, 9.17) is 29.6 Å². The molecular weight excluding hydrogens is 236 g/mol. The zero-order chi connectivity index (χ0) is 11.4. The summed E-state index contributed by atoms with van der Waals surface area (Å²) in [6, 6.07) is 0. The Balaban J connectivity index is 4.16. The lowest BCUT2D eigenvalue weighted by molar-refractivity contribution is -0.0713. The highest BCUT2D eigenvalue weighted by atomic mass is 31.2. The average Bonchev–Trinajstić information content (AvgIpc) is 1.78. The molecule has 0 aromatic heterocycles. The topological polar surface area (TPSA) is 134 Å². The highest BCUT2D eigenvalue weighted by Gasteiger charge is 2.40. The standard InChI is InChI=1S/C4H15NO7P2/c1-13(7,8)12-5(2-3-6)4-14(9,10)11/h6-11H,2-4H2,1H3/q+2. The number of hydrogen-bond donors (Lipinski definition) is 6. The lowest BCUT2D eigenvalue weighted by atomic mass is 10.7. The SMILES string of the molecule is C[P+](O)(O)ON(CCO)C[P+](O)(O)O. The Morgan fingerprint density at radius 1 is 1.14 bits per heavy atom. The van der Waals surface area contributed by atoms with Gasteiger partial charge in [-0.25, -0.2) is 0 Å². The van der Waals surface area contributed by atoms with E-state index in [0.717, 1.165) is 6.66 Å². The van der Waals surface area contributed by atoms with E-state index >= 15 is 0 Å². The van der Waals surface area contributed by atoms with E-state index in [1.165, 1.54) is 0 Å². The molecule has 6 N–H and O–H groups in total. The fourth-order valence-electron chi connectivity index (χ4n) is 0.679. The fraction of sp³-hybridized carbons (Fsp3) is 1.00. The van der Waals surface area contributed by atoms with Gasteiger partial charge in [0.05, 0.1) is 13.2 Å². The molecule has 0 saturated heterocycles. The smallest absolute Gasteiger partial charge is 0.395 e. The van der Waals surface area contributed by atoms with Gasteiger partial charge in [0.15, 0.2) is 0 Å². The third-order valence-electron chi connectivity index (χ3n) is 0.967. The molecule has 10 heteroatoms. The minimum atomic E-state index is -4.10. The van der Waals surface area contributed by atoms with Gasteiger partial charge in [-0.05, 0) is 0 Å². The van der Waals surface area contributed by atoms with Gasteiger partial charge in [0.25, 0.3) is 0 Å². The zero-order valence-electron chi connectivity index (χ0n) is 7.55. The van der Waals surface area contributed by atoms with Gasteiger partial charge in [0, 0.05) is 0 Å². The molecule has 0 unspecified atom stereocenters. The molecule has 0 aliphatic heterocycles. The third-order valence-corrected chi connectivity index (χ3v) is 2.20. The van der Waals surface area contributed by atoms with Crippen LogP contribution in [0.4, 0.5) is 0 Å². The van der Waals surface area contributed by atoms with Crippen LogP contribution in [0, 0.1) is 0 Å². The van der Waals surface area contributed by atoms with Crippen molar-refractivity contribution in [3.8, 4) is 0 Å². The van der Waals surface area contributed by atoms with Crippen molar-refractivity contribution in [2.75, 3.05) is 26.1 Å². The number of aliphatic hydroxyl groups excluding tert-OH is 1. The van der Waals surface area contributed by atoms with Crippen LogP contribution in [0.25, 0.3) is 0 Å². The van der Waals surface area contributed by atoms with E-state index < -0.39 is 22.2 Å². The van der Waals surface area contributed by atoms with Crippen LogP contribution in [0.15, 0.2) is 0 Å². The predicted octanol–water partition coefficient (Wildman–Crippen LogP) is -1.71. The van der Waals surface area contributed by atoms with Crippen LogP contribution in [0.3, 0.4) is 0 Å². The van der Waals surface area contributed by atoms with Crippen molar-refractivity contribution in [3.05, 3.63) is 0 Å². The lowest BCUT2D eigenvalue weighted by Crippen LogP contribution is -2.29. The highest BCUT2D eigenvalue weighted by Crippen LogP contribution is 2.51. The second-order valence-corrected chi connectivity index (χ2v) is 6.18. The number of rotatable bonds is 6. The fourth-order valence-corrected chi connectivity index (χ4v) is 1.97. The third kappa shape index (κ3) is 9.11. The molecule has 0 aliphatic rings. The molecule has 0 aromatic carbocycles. The number of nitrogens with zero attached hydrogens (tertiary/aromatic N) is 1. The second kappa shape index (κ2) is 5.58. The maximum absolute atomic E-state index is 8.90. The molecule has 0 fully saturated rings. The summed E-state index contributed by atoms with van der Waals surface area (Å²) in [5.74, 6) is 0. The van der Waals surface area contributed by atoms with E-state index in [1.807, 2.05) is 0 Å². The molecule has 0 atom stereocenters. The van der Waals surface area contributed by atoms with Gasteiger partial charge in [-0.2, -0.15) is 24.5 Å². The first-order chi connectivity index (χ1) is 6.14. The molecule has 8 nitrogen and oxygen atoms in total. The maximum Gasteiger partial charge on any atom is 0.426 e. The molecule has 0 bridgehead atoms. The van der Waals surface area contributed by atoms with Crippen LogP contribution in [-0.4, -0.2) is 60.7 Å². The Bertz CT molecular complexity index is 150. The van der Waals surface area contributed by atoms with Crippen LogP contribution in [0.1, 0.15) is 0 Å². The van der Waals surface area contributed by atoms with E-state index in [2.05, 4.69) is 4.62 Å². The normalized spacial score (nSPS) is 13.7. The summed E-state index contributed by atoms with van der Waals surface area (Å²) in [5, 5.41) is 9.22. The van der Waals surface area contributed by atoms with Crippen LogP contribution in [-0.2, 0) is 4.62 Å². The monoisotopic (exact) mass is 251 g/mol. The summed E-state index contributed by atoms with van der Waals surface area (Å²) in [6.45, 7) is 0.434. The molecule has 0 saturated carbocycles. The van der Waals surface area contributed by atoms with Gasteiger partial charge < -0.3 is 5.11 Å². The quantitative estimate of drug-likeness (QED) is 0.242. The molecule has 0 rings (SSSR count). The van der Waals surface area contributed by atoms with Crippen molar-refractivity contribution >= 4 is 15.9 Å². The zero-order valence-corrected chi connectivity index (χ0v) is 9.34. The van der Waals surface area contributed by atoms with Crippen molar-refractivity contribution in [3.63, 3.8) is 0 Å². The summed E-state index contributed by atoms with van der Waals surface area (Å²) in [6.07, 6.45) is -0.690. The number of aliphatic hydroxyl groups is 1. The van der Waals surface area contributed by atoms with Crippen molar-refractivity contribution in [1.82, 2.24) is 5.06 Å². The van der Waals surface area contributed by atoms with E-state index in [0.29, 0.717) is 5.06 Å². The van der Waals surface area contributed by atoms with Crippen LogP contribution in [0.5, 0.6) is 0 Å². The minimum absolute atomic E-state index is 0.180. The Morgan fingerprint density at radius 3 is 1.93 bits per heavy atom. The molecule has 0 heterocycles. The molecule has 0 aromatic rings. The summed E-state index contributed by atoms with van der Waals surface area (Å²) in [7, 11) is -7.69. The van der Waals surface area contributed by atoms with Crippen LogP contribution < -0.4 is 0 Å². The first-order valence-electron chi connectivity index (χ1n) is 3.58. The molecule has 14 heavy (non-hydrogen) atoms. The summed E-state index contributed by atoms with van der Waals surface area (Å²) in [5.41, 5.74) is 0. The van der Waals surface area contributed by atoms with Crippen molar-refractivity contribution in [1.29, 1.82) is 0 Å². The Kier molecular flexibility index (Phi) is 5.79. The lowest BCUT2D eigenvalue weighted by Gasteiger charge is -2.18. The van der Waals surface area contributed by atoms with E-state index in [9.17, 15) is 0 Å². The summed E-state index contributed by atoms with van der Waals surface area (Å²) >= 11 is 0. The van der Waals surface area contributed by atoms with Crippen molar-refractivity contribution in [2.45, 2.75) is 0 Å². The molecule has 0 radical (unpaired) electrons. The molecule has 0 amide bonds. The Labute approximate surface area is 82.1 Å². The molecular formula is C4H15NO7P2+2.